The minimum atomic E-state index is -0.498. The molecule has 3 aromatic heterocycles. The summed E-state index contributed by atoms with van der Waals surface area (Å²) in [5.41, 5.74) is 2.61. The maximum atomic E-state index is 13.8. The molecule has 1 N–H and O–H groups in total. The average Bonchev–Trinajstić information content (AvgIpc) is 2.69. The Bertz CT molecular complexity index is 1020. The van der Waals surface area contributed by atoms with E-state index in [1.807, 2.05) is 0 Å². The van der Waals surface area contributed by atoms with E-state index >= 15 is 0 Å². The lowest BCUT2D eigenvalue weighted by atomic mass is 10.1. The molecular formula is C18H17FN6O2. The Kier molecular flexibility index (Phi) is 4.59. The Labute approximate surface area is 154 Å². The number of H-pyrrole nitrogens is 1. The fourth-order valence-corrected chi connectivity index (χ4v) is 3.13. The highest BCUT2D eigenvalue weighted by atomic mass is 19.1. The van der Waals surface area contributed by atoms with Gasteiger partial charge in [-0.25, -0.2) is 24.3 Å². The number of hydrogen-bond acceptors (Lipinski definition) is 7. The van der Waals surface area contributed by atoms with Gasteiger partial charge in [0.25, 0.3) is 5.56 Å². The summed E-state index contributed by atoms with van der Waals surface area (Å²) >= 11 is 0. The van der Waals surface area contributed by atoms with Crippen molar-refractivity contribution >= 4 is 0 Å². The SMILES string of the molecule is COc1ncc(CN2CCc3nc(-c4cncnc4)[nH]c(=O)c3C2)cc1F. The van der Waals surface area contributed by atoms with Gasteiger partial charge in [-0.3, -0.25) is 9.69 Å². The number of halogens is 1. The van der Waals surface area contributed by atoms with Gasteiger partial charge in [0.05, 0.1) is 23.9 Å². The fourth-order valence-electron chi connectivity index (χ4n) is 3.13. The maximum Gasteiger partial charge on any atom is 0.255 e. The van der Waals surface area contributed by atoms with Crippen molar-refractivity contribution in [1.82, 2.24) is 29.8 Å². The lowest BCUT2D eigenvalue weighted by molar-refractivity contribution is 0.241. The van der Waals surface area contributed by atoms with Crippen LogP contribution in [0.15, 0.2) is 35.8 Å². The van der Waals surface area contributed by atoms with Gasteiger partial charge in [-0.1, -0.05) is 0 Å². The number of aromatic amines is 1. The highest BCUT2D eigenvalue weighted by Gasteiger charge is 2.22. The van der Waals surface area contributed by atoms with Gasteiger partial charge in [0.15, 0.2) is 5.82 Å². The maximum absolute atomic E-state index is 13.8. The molecular weight excluding hydrogens is 351 g/mol. The van der Waals surface area contributed by atoms with Crippen molar-refractivity contribution < 1.29 is 9.13 Å². The van der Waals surface area contributed by atoms with E-state index in [0.717, 1.165) is 11.3 Å². The number of rotatable bonds is 4. The summed E-state index contributed by atoms with van der Waals surface area (Å²) in [4.78, 5) is 33.8. The molecule has 0 saturated carbocycles. The Morgan fingerprint density at radius 3 is 2.85 bits per heavy atom. The average molecular weight is 368 g/mol. The Balaban J connectivity index is 1.55. The first-order valence-corrected chi connectivity index (χ1v) is 8.42. The molecule has 0 aliphatic carbocycles. The molecule has 27 heavy (non-hydrogen) atoms. The van der Waals surface area contributed by atoms with E-state index in [-0.39, 0.29) is 11.4 Å². The van der Waals surface area contributed by atoms with Crippen molar-refractivity contribution in [2.24, 2.45) is 0 Å². The monoisotopic (exact) mass is 368 g/mol. The molecule has 0 aromatic carbocycles. The predicted molar refractivity (Wildman–Crippen MR) is 94.4 cm³/mol. The van der Waals surface area contributed by atoms with Crippen molar-refractivity contribution in [3.8, 4) is 17.3 Å². The molecule has 0 unspecified atom stereocenters. The summed E-state index contributed by atoms with van der Waals surface area (Å²) in [5, 5.41) is 0. The smallest absolute Gasteiger partial charge is 0.255 e. The zero-order valence-electron chi connectivity index (χ0n) is 14.6. The van der Waals surface area contributed by atoms with Crippen LogP contribution in [0.3, 0.4) is 0 Å². The second kappa shape index (κ2) is 7.20. The van der Waals surface area contributed by atoms with Crippen LogP contribution in [0.1, 0.15) is 16.8 Å². The number of methoxy groups -OCH3 is 1. The first-order valence-electron chi connectivity index (χ1n) is 8.42. The summed E-state index contributed by atoms with van der Waals surface area (Å²) in [5.74, 6) is -0.0586. The molecule has 4 heterocycles. The third-order valence-electron chi connectivity index (χ3n) is 4.45. The lowest BCUT2D eigenvalue weighted by Gasteiger charge is -2.27. The summed E-state index contributed by atoms with van der Waals surface area (Å²) in [6.45, 7) is 1.64. The third kappa shape index (κ3) is 3.54. The minimum absolute atomic E-state index is 0.0270. The summed E-state index contributed by atoms with van der Waals surface area (Å²) in [7, 11) is 1.38. The van der Waals surface area contributed by atoms with Crippen LogP contribution in [-0.2, 0) is 19.5 Å². The van der Waals surface area contributed by atoms with E-state index in [1.54, 1.807) is 18.6 Å². The molecule has 8 nitrogen and oxygen atoms in total. The highest BCUT2D eigenvalue weighted by Crippen LogP contribution is 2.20. The molecule has 3 aromatic rings. The van der Waals surface area contributed by atoms with Crippen LogP contribution in [0.25, 0.3) is 11.4 Å². The van der Waals surface area contributed by atoms with Crippen molar-refractivity contribution in [2.75, 3.05) is 13.7 Å². The van der Waals surface area contributed by atoms with E-state index in [9.17, 15) is 9.18 Å². The lowest BCUT2D eigenvalue weighted by Crippen LogP contribution is -2.35. The largest absolute Gasteiger partial charge is 0.479 e. The number of pyridine rings is 1. The van der Waals surface area contributed by atoms with Crippen LogP contribution in [0.5, 0.6) is 5.88 Å². The molecule has 1 aliphatic rings. The zero-order valence-corrected chi connectivity index (χ0v) is 14.6. The molecule has 9 heteroatoms. The fraction of sp³-hybridized carbons (Fsp3) is 0.278. The van der Waals surface area contributed by atoms with Crippen LogP contribution >= 0.6 is 0 Å². The molecule has 0 fully saturated rings. The van der Waals surface area contributed by atoms with Crippen LogP contribution in [0, 0.1) is 5.82 Å². The van der Waals surface area contributed by atoms with Gasteiger partial charge in [-0.15, -0.1) is 0 Å². The van der Waals surface area contributed by atoms with Gasteiger partial charge in [-0.05, 0) is 11.6 Å². The van der Waals surface area contributed by atoms with Crippen molar-refractivity contribution in [3.63, 3.8) is 0 Å². The van der Waals surface area contributed by atoms with Gasteiger partial charge in [0.2, 0.25) is 5.88 Å². The van der Waals surface area contributed by atoms with Gasteiger partial charge in [-0.2, -0.15) is 0 Å². The van der Waals surface area contributed by atoms with Gasteiger partial charge >= 0.3 is 0 Å². The molecule has 0 amide bonds. The van der Waals surface area contributed by atoms with E-state index < -0.39 is 5.82 Å². The van der Waals surface area contributed by atoms with Gasteiger partial charge in [0, 0.05) is 44.6 Å². The Morgan fingerprint density at radius 2 is 2.11 bits per heavy atom. The number of nitrogens with one attached hydrogen (secondary N) is 1. The normalized spacial score (nSPS) is 14.0. The Hall–Kier alpha value is -3.20. The first kappa shape index (κ1) is 17.2. The Morgan fingerprint density at radius 1 is 1.30 bits per heavy atom. The first-order chi connectivity index (χ1) is 13.1. The molecule has 0 saturated heterocycles. The third-order valence-corrected chi connectivity index (χ3v) is 4.45. The highest BCUT2D eigenvalue weighted by molar-refractivity contribution is 5.52. The van der Waals surface area contributed by atoms with Gasteiger partial charge < -0.3 is 9.72 Å². The van der Waals surface area contributed by atoms with Crippen LogP contribution in [0.2, 0.25) is 0 Å². The second-order valence-electron chi connectivity index (χ2n) is 6.26. The summed E-state index contributed by atoms with van der Waals surface area (Å²) in [6.07, 6.45) is 6.86. The van der Waals surface area contributed by atoms with E-state index in [1.165, 1.54) is 19.5 Å². The van der Waals surface area contributed by atoms with E-state index in [4.69, 9.17) is 4.74 Å². The molecule has 1 aliphatic heterocycles. The molecule has 0 atom stereocenters. The van der Waals surface area contributed by atoms with Crippen molar-refractivity contribution in [3.05, 3.63) is 64.0 Å². The molecule has 0 bridgehead atoms. The van der Waals surface area contributed by atoms with Crippen LogP contribution in [0.4, 0.5) is 4.39 Å². The number of fused-ring (bicyclic) bond motifs is 1. The number of aromatic nitrogens is 5. The summed E-state index contributed by atoms with van der Waals surface area (Å²) < 4.78 is 18.7. The minimum Gasteiger partial charge on any atom is -0.479 e. The number of nitrogens with zero attached hydrogens (tertiary/aromatic N) is 5. The molecule has 138 valence electrons. The molecule has 0 radical (unpaired) electrons. The quantitative estimate of drug-likeness (QED) is 0.742. The van der Waals surface area contributed by atoms with Gasteiger partial charge in [0.1, 0.15) is 12.2 Å². The van der Waals surface area contributed by atoms with Crippen LogP contribution < -0.4 is 10.3 Å². The second-order valence-corrected chi connectivity index (χ2v) is 6.26. The van der Waals surface area contributed by atoms with Crippen LogP contribution in [-0.4, -0.2) is 43.5 Å². The topological polar surface area (TPSA) is 96.9 Å². The molecule has 4 rings (SSSR count). The van der Waals surface area contributed by atoms with E-state index in [2.05, 4.69) is 29.8 Å². The number of hydrogen-bond donors (Lipinski definition) is 1. The molecule has 0 spiro atoms. The number of ether oxygens (including phenoxy) is 1. The predicted octanol–water partition coefficient (Wildman–Crippen LogP) is 1.33. The van der Waals surface area contributed by atoms with E-state index in [0.29, 0.717) is 43.0 Å². The van der Waals surface area contributed by atoms with Crippen molar-refractivity contribution in [2.45, 2.75) is 19.5 Å². The standard InChI is InChI=1S/C18H17FN6O2/c1-27-18-14(19)4-11(5-22-18)8-25-3-2-15-13(9-25)17(26)24-16(23-15)12-6-20-10-21-7-12/h4-7,10H,2-3,8-9H2,1H3,(H,23,24,26). The summed E-state index contributed by atoms with van der Waals surface area (Å²) in [6, 6.07) is 1.41. The zero-order chi connectivity index (χ0) is 18.8. The van der Waals surface area contributed by atoms with Crippen molar-refractivity contribution in [1.29, 1.82) is 0 Å².